The predicted molar refractivity (Wildman–Crippen MR) is 59.4 cm³/mol. The van der Waals surface area contributed by atoms with Gasteiger partial charge in [-0.2, -0.15) is 0 Å². The summed E-state index contributed by atoms with van der Waals surface area (Å²) in [6.07, 6.45) is 0.572. The summed E-state index contributed by atoms with van der Waals surface area (Å²) in [6.45, 7) is 5.73. The Kier molecular flexibility index (Phi) is 2.29. The third-order valence-electron chi connectivity index (χ3n) is 2.48. The summed E-state index contributed by atoms with van der Waals surface area (Å²) in [6, 6.07) is -0.511. The number of aliphatic imine (C=N–C) groups is 2. The Morgan fingerprint density at radius 1 is 1.38 bits per heavy atom. The Morgan fingerprint density at radius 3 is 2.69 bits per heavy atom. The van der Waals surface area contributed by atoms with Crippen molar-refractivity contribution in [2.45, 2.75) is 32.9 Å². The topological polar surface area (TPSA) is 82.9 Å². The number of amidine groups is 1. The van der Waals surface area contributed by atoms with Crippen molar-refractivity contribution in [3.63, 3.8) is 0 Å². The molecule has 2 aliphatic rings. The van der Waals surface area contributed by atoms with Gasteiger partial charge in [-0.25, -0.2) is 14.8 Å². The number of fused-ring (bicyclic) bond motifs is 1. The van der Waals surface area contributed by atoms with Crippen LogP contribution in [0.25, 0.3) is 0 Å². The second kappa shape index (κ2) is 3.40. The highest BCUT2D eigenvalue weighted by molar-refractivity contribution is 6.48. The summed E-state index contributed by atoms with van der Waals surface area (Å²) in [5, 5.41) is 4.87. The van der Waals surface area contributed by atoms with E-state index in [1.165, 1.54) is 0 Å². The number of carbonyl (C=O) groups excluding carboxylic acids is 2. The lowest BCUT2D eigenvalue weighted by atomic mass is 9.92. The van der Waals surface area contributed by atoms with E-state index in [0.717, 1.165) is 0 Å². The van der Waals surface area contributed by atoms with Crippen LogP contribution in [-0.2, 0) is 4.79 Å². The zero-order chi connectivity index (χ0) is 11.9. The number of carbonyl (C=O) groups is 2. The molecule has 2 heterocycles. The molecule has 0 aliphatic carbocycles. The molecule has 2 aliphatic heterocycles. The maximum Gasteiger partial charge on any atom is 0.323 e. The van der Waals surface area contributed by atoms with Crippen LogP contribution in [0.3, 0.4) is 0 Å². The van der Waals surface area contributed by atoms with Gasteiger partial charge in [-0.3, -0.25) is 10.1 Å². The molecule has 6 nitrogen and oxygen atoms in total. The van der Waals surface area contributed by atoms with Gasteiger partial charge in [0.25, 0.3) is 5.91 Å². The summed E-state index contributed by atoms with van der Waals surface area (Å²) < 4.78 is 0. The van der Waals surface area contributed by atoms with Gasteiger partial charge in [0.05, 0.1) is 0 Å². The summed E-state index contributed by atoms with van der Waals surface area (Å²) in [5.74, 6) is 0.365. The van der Waals surface area contributed by atoms with E-state index in [4.69, 9.17) is 0 Å². The minimum absolute atomic E-state index is 0.290. The molecule has 3 amide bonds. The molecule has 2 N–H and O–H groups in total. The fraction of sp³-hybridized carbons (Fsp3) is 0.600. The van der Waals surface area contributed by atoms with Crippen LogP contribution in [0.15, 0.2) is 9.98 Å². The molecule has 16 heavy (non-hydrogen) atoms. The molecular weight excluding hydrogens is 208 g/mol. The number of hydrogen-bond donors (Lipinski definition) is 2. The summed E-state index contributed by atoms with van der Waals surface area (Å²) in [5.41, 5.74) is -0.657. The molecule has 0 bridgehead atoms. The SMILES string of the molecule is CC1=NC2(CC(C)C)NC(=O)NC(=O)C2=N1. The van der Waals surface area contributed by atoms with Gasteiger partial charge in [-0.1, -0.05) is 13.8 Å². The molecule has 86 valence electrons. The second-order valence-electron chi connectivity index (χ2n) is 4.49. The van der Waals surface area contributed by atoms with Crippen molar-refractivity contribution in [1.82, 2.24) is 10.6 Å². The lowest BCUT2D eigenvalue weighted by Crippen LogP contribution is -2.65. The van der Waals surface area contributed by atoms with Gasteiger partial charge in [0.2, 0.25) is 0 Å². The van der Waals surface area contributed by atoms with Gasteiger partial charge in [-0.15, -0.1) is 0 Å². The van der Waals surface area contributed by atoms with Gasteiger partial charge >= 0.3 is 6.03 Å². The first-order valence-electron chi connectivity index (χ1n) is 5.22. The molecule has 0 aromatic carbocycles. The van der Waals surface area contributed by atoms with Crippen LogP contribution in [0, 0.1) is 5.92 Å². The van der Waals surface area contributed by atoms with Gasteiger partial charge in [-0.05, 0) is 19.3 Å². The number of nitrogens with one attached hydrogen (secondary N) is 2. The molecule has 1 fully saturated rings. The molecule has 0 aromatic heterocycles. The standard InChI is InChI=1S/C10H14N4O2/c1-5(2)4-10-7(11-6(3)13-10)8(15)12-9(16)14-10/h5H,4H2,1-3H3,(H2,12,14,15,16). The van der Waals surface area contributed by atoms with Crippen LogP contribution < -0.4 is 10.6 Å². The minimum Gasteiger partial charge on any atom is -0.308 e. The van der Waals surface area contributed by atoms with E-state index in [-0.39, 0.29) is 0 Å². The molecular formula is C10H14N4O2. The third-order valence-corrected chi connectivity index (χ3v) is 2.48. The molecule has 1 atom stereocenters. The molecule has 0 radical (unpaired) electrons. The Balaban J connectivity index is 2.41. The molecule has 1 saturated heterocycles. The van der Waals surface area contributed by atoms with Gasteiger partial charge in [0.15, 0.2) is 11.4 Å². The highest BCUT2D eigenvalue weighted by Gasteiger charge is 2.48. The van der Waals surface area contributed by atoms with Crippen LogP contribution in [0.4, 0.5) is 4.79 Å². The molecule has 0 spiro atoms. The lowest BCUT2D eigenvalue weighted by molar-refractivity contribution is -0.114. The first-order valence-corrected chi connectivity index (χ1v) is 5.22. The second-order valence-corrected chi connectivity index (χ2v) is 4.49. The average molecular weight is 222 g/mol. The van der Waals surface area contributed by atoms with E-state index in [2.05, 4.69) is 20.6 Å². The number of imide groups is 1. The van der Waals surface area contributed by atoms with Crippen molar-refractivity contribution in [3.05, 3.63) is 0 Å². The highest BCUT2D eigenvalue weighted by atomic mass is 16.2. The lowest BCUT2D eigenvalue weighted by Gasteiger charge is -2.33. The van der Waals surface area contributed by atoms with Crippen LogP contribution in [-0.4, -0.2) is 29.1 Å². The van der Waals surface area contributed by atoms with Crippen molar-refractivity contribution in [2.24, 2.45) is 15.9 Å². The van der Waals surface area contributed by atoms with Gasteiger partial charge < -0.3 is 5.32 Å². The first-order chi connectivity index (χ1) is 7.43. The monoisotopic (exact) mass is 222 g/mol. The van der Waals surface area contributed by atoms with Crippen LogP contribution in [0.1, 0.15) is 27.2 Å². The quantitative estimate of drug-likeness (QED) is 0.710. The number of urea groups is 1. The van der Waals surface area contributed by atoms with Crippen LogP contribution in [0.5, 0.6) is 0 Å². The van der Waals surface area contributed by atoms with E-state index in [1.807, 2.05) is 13.8 Å². The zero-order valence-electron chi connectivity index (χ0n) is 9.50. The third kappa shape index (κ3) is 1.60. The Morgan fingerprint density at radius 2 is 2.06 bits per heavy atom. The van der Waals surface area contributed by atoms with Crippen molar-refractivity contribution < 1.29 is 9.59 Å². The van der Waals surface area contributed by atoms with Gasteiger partial charge in [0, 0.05) is 0 Å². The van der Waals surface area contributed by atoms with Crippen LogP contribution in [0.2, 0.25) is 0 Å². The van der Waals surface area contributed by atoms with Crippen molar-refractivity contribution in [3.8, 4) is 0 Å². The Hall–Kier alpha value is -1.72. The van der Waals surface area contributed by atoms with Crippen molar-refractivity contribution in [1.29, 1.82) is 0 Å². The number of amides is 3. The van der Waals surface area contributed by atoms with Gasteiger partial charge in [0.1, 0.15) is 5.84 Å². The predicted octanol–water partition coefficient (Wildman–Crippen LogP) is 0.441. The number of rotatable bonds is 2. The molecule has 0 saturated carbocycles. The average Bonchev–Trinajstić information content (AvgIpc) is 2.39. The Labute approximate surface area is 93.2 Å². The molecule has 0 aromatic rings. The zero-order valence-corrected chi connectivity index (χ0v) is 9.50. The maximum atomic E-state index is 11.6. The number of hydrogen-bond acceptors (Lipinski definition) is 4. The van der Waals surface area contributed by atoms with E-state index < -0.39 is 17.6 Å². The summed E-state index contributed by atoms with van der Waals surface area (Å²) in [7, 11) is 0. The van der Waals surface area contributed by atoms with E-state index in [9.17, 15) is 9.59 Å². The fourth-order valence-corrected chi connectivity index (χ4v) is 2.10. The highest BCUT2D eigenvalue weighted by Crippen LogP contribution is 2.27. The van der Waals surface area contributed by atoms with E-state index in [0.29, 0.717) is 23.9 Å². The van der Waals surface area contributed by atoms with E-state index in [1.54, 1.807) is 6.92 Å². The summed E-state index contributed by atoms with van der Waals surface area (Å²) in [4.78, 5) is 31.4. The molecule has 6 heteroatoms. The number of nitrogens with zero attached hydrogens (tertiary/aromatic N) is 2. The van der Waals surface area contributed by atoms with E-state index >= 15 is 0 Å². The Bertz CT molecular complexity index is 425. The normalized spacial score (nSPS) is 28.2. The first kappa shape index (κ1) is 10.8. The fourth-order valence-electron chi connectivity index (χ4n) is 2.10. The van der Waals surface area contributed by atoms with Crippen LogP contribution >= 0.6 is 0 Å². The van der Waals surface area contributed by atoms with Crippen molar-refractivity contribution in [2.75, 3.05) is 0 Å². The maximum absolute atomic E-state index is 11.6. The largest absolute Gasteiger partial charge is 0.323 e. The smallest absolute Gasteiger partial charge is 0.308 e. The molecule has 1 unspecified atom stereocenters. The summed E-state index contributed by atoms with van der Waals surface area (Å²) >= 11 is 0. The minimum atomic E-state index is -0.947. The van der Waals surface area contributed by atoms with Crippen molar-refractivity contribution >= 4 is 23.5 Å². The molecule has 2 rings (SSSR count).